The van der Waals surface area contributed by atoms with Gasteiger partial charge in [-0.2, -0.15) is 0 Å². The van der Waals surface area contributed by atoms with E-state index in [2.05, 4.69) is 17.2 Å². The maximum absolute atomic E-state index is 11.3. The van der Waals surface area contributed by atoms with Crippen LogP contribution in [-0.4, -0.2) is 17.7 Å². The van der Waals surface area contributed by atoms with Gasteiger partial charge >= 0.3 is 6.09 Å². The van der Waals surface area contributed by atoms with Crippen molar-refractivity contribution in [2.24, 2.45) is 5.92 Å². The lowest BCUT2D eigenvalue weighted by Crippen LogP contribution is -2.17. The van der Waals surface area contributed by atoms with Crippen molar-refractivity contribution in [3.05, 3.63) is 24.4 Å². The summed E-state index contributed by atoms with van der Waals surface area (Å²) in [6, 6.07) is 5.30. The Kier molecular flexibility index (Phi) is 4.60. The minimum absolute atomic E-state index is 0.388. The van der Waals surface area contributed by atoms with Crippen LogP contribution in [-0.2, 0) is 4.74 Å². The van der Waals surface area contributed by atoms with Gasteiger partial charge in [0, 0.05) is 6.20 Å². The summed E-state index contributed by atoms with van der Waals surface area (Å²) in [4.78, 5) is 15.2. The van der Waals surface area contributed by atoms with E-state index in [1.165, 1.54) is 0 Å². The summed E-state index contributed by atoms with van der Waals surface area (Å²) in [6.07, 6.45) is 2.16. The number of anilines is 1. The predicted octanol–water partition coefficient (Wildman–Crippen LogP) is 2.68. The summed E-state index contributed by atoms with van der Waals surface area (Å²) in [5.74, 6) is 0.895. The molecule has 1 heterocycles. The van der Waals surface area contributed by atoms with Gasteiger partial charge in [-0.05, 0) is 18.1 Å². The average Bonchev–Trinajstić information content (AvgIpc) is 2.27. The molecule has 1 N–H and O–H groups in total. The molecule has 82 valence electrons. The van der Waals surface area contributed by atoms with Crippen LogP contribution in [0.2, 0.25) is 0 Å². The second-order valence-corrected chi connectivity index (χ2v) is 3.45. The van der Waals surface area contributed by atoms with Crippen molar-refractivity contribution in [3.8, 4) is 0 Å². The molecule has 1 atom stereocenters. The zero-order valence-corrected chi connectivity index (χ0v) is 9.06. The fourth-order valence-corrected chi connectivity index (χ4v) is 0.913. The number of ether oxygens (including phenoxy) is 1. The number of amides is 1. The van der Waals surface area contributed by atoms with E-state index in [9.17, 15) is 4.79 Å². The molecule has 1 aromatic heterocycles. The van der Waals surface area contributed by atoms with Crippen LogP contribution in [0, 0.1) is 5.92 Å². The van der Waals surface area contributed by atoms with E-state index < -0.39 is 6.09 Å². The zero-order chi connectivity index (χ0) is 11.1. The molecular weight excluding hydrogens is 192 g/mol. The van der Waals surface area contributed by atoms with Gasteiger partial charge in [-0.15, -0.1) is 0 Å². The molecule has 0 bridgehead atoms. The summed E-state index contributed by atoms with van der Waals surface area (Å²) in [6.45, 7) is 4.54. The van der Waals surface area contributed by atoms with Crippen molar-refractivity contribution in [2.75, 3.05) is 11.9 Å². The highest BCUT2D eigenvalue weighted by Gasteiger charge is 2.05. The van der Waals surface area contributed by atoms with Gasteiger partial charge in [-0.1, -0.05) is 26.3 Å². The minimum Gasteiger partial charge on any atom is -0.449 e. The number of aromatic nitrogens is 1. The highest BCUT2D eigenvalue weighted by atomic mass is 16.5. The van der Waals surface area contributed by atoms with Crippen LogP contribution >= 0.6 is 0 Å². The predicted molar refractivity (Wildman–Crippen MR) is 58.7 cm³/mol. The third-order valence-corrected chi connectivity index (χ3v) is 2.09. The van der Waals surface area contributed by atoms with Crippen molar-refractivity contribution in [1.82, 2.24) is 4.98 Å². The number of carbonyl (C=O) groups is 1. The average molecular weight is 208 g/mol. The van der Waals surface area contributed by atoms with E-state index in [1.807, 2.05) is 6.92 Å². The van der Waals surface area contributed by atoms with Gasteiger partial charge in [0.15, 0.2) is 0 Å². The van der Waals surface area contributed by atoms with Crippen LogP contribution in [0.3, 0.4) is 0 Å². The first-order chi connectivity index (χ1) is 7.22. The Hall–Kier alpha value is -1.58. The highest BCUT2D eigenvalue weighted by molar-refractivity contribution is 5.83. The van der Waals surface area contributed by atoms with Crippen molar-refractivity contribution in [3.63, 3.8) is 0 Å². The Bertz CT molecular complexity index is 301. The van der Waals surface area contributed by atoms with E-state index in [4.69, 9.17) is 4.74 Å². The number of pyridine rings is 1. The summed E-state index contributed by atoms with van der Waals surface area (Å²) in [7, 11) is 0. The van der Waals surface area contributed by atoms with Gasteiger partial charge in [0.25, 0.3) is 0 Å². The van der Waals surface area contributed by atoms with Gasteiger partial charge in [0.1, 0.15) is 5.82 Å². The molecule has 0 saturated heterocycles. The smallest absolute Gasteiger partial charge is 0.412 e. The molecule has 0 aliphatic rings. The largest absolute Gasteiger partial charge is 0.449 e. The van der Waals surface area contributed by atoms with E-state index in [-0.39, 0.29) is 0 Å². The summed E-state index contributed by atoms with van der Waals surface area (Å²) >= 11 is 0. The lowest BCUT2D eigenvalue weighted by Gasteiger charge is -2.09. The number of hydrogen-bond acceptors (Lipinski definition) is 3. The molecule has 0 aliphatic heterocycles. The topological polar surface area (TPSA) is 51.2 Å². The maximum atomic E-state index is 11.3. The normalized spacial score (nSPS) is 11.9. The molecule has 0 spiro atoms. The molecular formula is C11H16N2O2. The molecule has 0 saturated carbocycles. The van der Waals surface area contributed by atoms with Crippen LogP contribution in [0.5, 0.6) is 0 Å². The van der Waals surface area contributed by atoms with Crippen molar-refractivity contribution < 1.29 is 9.53 Å². The highest BCUT2D eigenvalue weighted by Crippen LogP contribution is 2.03. The van der Waals surface area contributed by atoms with Gasteiger partial charge in [0.05, 0.1) is 6.61 Å². The number of nitrogens with one attached hydrogen (secondary N) is 1. The fraction of sp³-hybridized carbons (Fsp3) is 0.455. The quantitative estimate of drug-likeness (QED) is 0.827. The number of rotatable bonds is 4. The molecule has 4 nitrogen and oxygen atoms in total. The Balaban J connectivity index is 2.31. The number of hydrogen-bond donors (Lipinski definition) is 1. The minimum atomic E-state index is -0.450. The molecule has 0 unspecified atom stereocenters. The van der Waals surface area contributed by atoms with Crippen molar-refractivity contribution in [1.29, 1.82) is 0 Å². The first-order valence-corrected chi connectivity index (χ1v) is 5.07. The first kappa shape index (κ1) is 11.5. The van der Waals surface area contributed by atoms with Crippen LogP contribution in [0.4, 0.5) is 10.6 Å². The lowest BCUT2D eigenvalue weighted by molar-refractivity contribution is 0.143. The summed E-state index contributed by atoms with van der Waals surface area (Å²) in [5.41, 5.74) is 0. The second kappa shape index (κ2) is 6.01. The molecule has 1 aromatic rings. The SMILES string of the molecule is CC[C@H](C)COC(=O)Nc1ccccn1. The molecule has 1 rings (SSSR count). The van der Waals surface area contributed by atoms with Gasteiger partial charge in [-0.3, -0.25) is 5.32 Å². The second-order valence-electron chi connectivity index (χ2n) is 3.45. The molecule has 0 fully saturated rings. The lowest BCUT2D eigenvalue weighted by atomic mass is 10.1. The number of carbonyl (C=O) groups excluding carboxylic acids is 1. The van der Waals surface area contributed by atoms with Crippen LogP contribution in [0.15, 0.2) is 24.4 Å². The summed E-state index contributed by atoms with van der Waals surface area (Å²) < 4.78 is 5.01. The van der Waals surface area contributed by atoms with E-state index in [0.717, 1.165) is 6.42 Å². The standard InChI is InChI=1S/C11H16N2O2/c1-3-9(2)8-15-11(14)13-10-6-4-5-7-12-10/h4-7,9H,3,8H2,1-2H3,(H,12,13,14)/t9-/m0/s1. The van der Waals surface area contributed by atoms with E-state index in [0.29, 0.717) is 18.3 Å². The van der Waals surface area contributed by atoms with Gasteiger partial charge in [0.2, 0.25) is 0 Å². The first-order valence-electron chi connectivity index (χ1n) is 5.07. The van der Waals surface area contributed by atoms with Crippen LogP contribution in [0.1, 0.15) is 20.3 Å². The molecule has 1 amide bonds. The van der Waals surface area contributed by atoms with Crippen molar-refractivity contribution in [2.45, 2.75) is 20.3 Å². The van der Waals surface area contributed by atoms with Gasteiger partial charge < -0.3 is 4.74 Å². The van der Waals surface area contributed by atoms with E-state index >= 15 is 0 Å². The third-order valence-electron chi connectivity index (χ3n) is 2.09. The molecule has 0 aliphatic carbocycles. The maximum Gasteiger partial charge on any atom is 0.412 e. The molecule has 0 radical (unpaired) electrons. The van der Waals surface area contributed by atoms with E-state index in [1.54, 1.807) is 24.4 Å². The fourth-order valence-electron chi connectivity index (χ4n) is 0.913. The Morgan fingerprint density at radius 3 is 3.00 bits per heavy atom. The van der Waals surface area contributed by atoms with Crippen molar-refractivity contribution >= 4 is 11.9 Å². The third kappa shape index (κ3) is 4.44. The zero-order valence-electron chi connectivity index (χ0n) is 9.06. The van der Waals surface area contributed by atoms with Gasteiger partial charge in [-0.25, -0.2) is 9.78 Å². The summed E-state index contributed by atoms with van der Waals surface area (Å²) in [5, 5.41) is 2.55. The molecule has 0 aromatic carbocycles. The Morgan fingerprint density at radius 2 is 2.40 bits per heavy atom. The Morgan fingerprint density at radius 1 is 1.60 bits per heavy atom. The molecule has 4 heteroatoms. The monoisotopic (exact) mass is 208 g/mol. The Labute approximate surface area is 89.7 Å². The van der Waals surface area contributed by atoms with Crippen LogP contribution < -0.4 is 5.32 Å². The van der Waals surface area contributed by atoms with Crippen LogP contribution in [0.25, 0.3) is 0 Å². The number of nitrogens with zero attached hydrogens (tertiary/aromatic N) is 1. The molecule has 15 heavy (non-hydrogen) atoms.